The van der Waals surface area contributed by atoms with Gasteiger partial charge in [0, 0.05) is 16.8 Å². The molecule has 0 spiro atoms. The lowest BCUT2D eigenvalue weighted by Gasteiger charge is -2.06. The van der Waals surface area contributed by atoms with Crippen molar-refractivity contribution in [2.24, 2.45) is 0 Å². The highest BCUT2D eigenvalue weighted by Gasteiger charge is 2.12. The van der Waals surface area contributed by atoms with Crippen molar-refractivity contribution < 1.29 is 0 Å². The molecule has 0 radical (unpaired) electrons. The van der Waals surface area contributed by atoms with Gasteiger partial charge >= 0.3 is 0 Å². The third kappa shape index (κ3) is 1.88. The quantitative estimate of drug-likeness (QED) is 0.674. The topological polar surface area (TPSA) is 17.2 Å². The number of hydrogen-bond donors (Lipinski definition) is 0. The molecular weight excluding hydrogens is 243 g/mol. The van der Waals surface area contributed by atoms with E-state index in [4.69, 9.17) is 29.8 Å². The van der Waals surface area contributed by atoms with Gasteiger partial charge in [-0.3, -0.25) is 4.98 Å². The van der Waals surface area contributed by atoms with Crippen molar-refractivity contribution in [3.05, 3.63) is 58.0 Å². The molecular formula is C12H6Cl2N2. The standard InChI is InChI=1S/C12H6Cl2N2/c1-15-12-9(13)6-5-8(11(12)14)10-4-2-3-7-16-10/h2-7H. The predicted octanol–water partition coefficient (Wildman–Crippen LogP) is 4.61. The largest absolute Gasteiger partial charge is 0.256 e. The SMILES string of the molecule is [C-]#[N+]c1c(Cl)ccc(-c2ccccn2)c1Cl. The van der Waals surface area contributed by atoms with Gasteiger partial charge in [-0.15, -0.1) is 0 Å². The molecule has 0 unspecified atom stereocenters. The number of rotatable bonds is 1. The molecule has 0 bridgehead atoms. The Morgan fingerprint density at radius 2 is 1.94 bits per heavy atom. The maximum Gasteiger partial charge on any atom is 0.224 e. The maximum atomic E-state index is 7.02. The highest BCUT2D eigenvalue weighted by Crippen LogP contribution is 2.39. The highest BCUT2D eigenvalue weighted by atomic mass is 35.5. The molecule has 1 heterocycles. The Labute approximate surface area is 103 Å². The number of halogens is 2. The summed E-state index contributed by atoms with van der Waals surface area (Å²) >= 11 is 12.0. The van der Waals surface area contributed by atoms with Crippen LogP contribution in [0, 0.1) is 6.57 Å². The predicted molar refractivity (Wildman–Crippen MR) is 66.0 cm³/mol. The van der Waals surface area contributed by atoms with E-state index < -0.39 is 0 Å². The lowest BCUT2D eigenvalue weighted by molar-refractivity contribution is 1.33. The first-order valence-corrected chi connectivity index (χ1v) is 5.26. The second-order valence-electron chi connectivity index (χ2n) is 3.08. The highest BCUT2D eigenvalue weighted by molar-refractivity contribution is 6.41. The van der Waals surface area contributed by atoms with Gasteiger partial charge in [0.1, 0.15) is 0 Å². The Kier molecular flexibility index (Phi) is 3.09. The van der Waals surface area contributed by atoms with Crippen LogP contribution in [0.25, 0.3) is 16.1 Å². The molecule has 0 fully saturated rings. The molecule has 2 rings (SSSR count). The summed E-state index contributed by atoms with van der Waals surface area (Å²) in [5, 5.41) is 0.709. The number of pyridine rings is 1. The van der Waals surface area contributed by atoms with E-state index in [0.717, 1.165) is 11.3 Å². The molecule has 4 heteroatoms. The van der Waals surface area contributed by atoms with Crippen LogP contribution < -0.4 is 0 Å². The first-order chi connectivity index (χ1) is 7.74. The molecule has 0 N–H and O–H groups in total. The van der Waals surface area contributed by atoms with Gasteiger partial charge in [0.25, 0.3) is 0 Å². The van der Waals surface area contributed by atoms with Crippen molar-refractivity contribution in [2.45, 2.75) is 0 Å². The second-order valence-corrected chi connectivity index (χ2v) is 3.87. The van der Waals surface area contributed by atoms with Gasteiger partial charge < -0.3 is 0 Å². The van der Waals surface area contributed by atoms with Crippen molar-refractivity contribution in [3.8, 4) is 11.3 Å². The first-order valence-electron chi connectivity index (χ1n) is 4.51. The van der Waals surface area contributed by atoms with Crippen molar-refractivity contribution in [1.29, 1.82) is 0 Å². The van der Waals surface area contributed by atoms with Gasteiger partial charge in [-0.25, -0.2) is 4.85 Å². The normalized spacial score (nSPS) is 9.81. The summed E-state index contributed by atoms with van der Waals surface area (Å²) in [6, 6.07) is 8.95. The van der Waals surface area contributed by atoms with E-state index in [-0.39, 0.29) is 5.69 Å². The third-order valence-electron chi connectivity index (χ3n) is 2.12. The van der Waals surface area contributed by atoms with Crippen molar-refractivity contribution in [2.75, 3.05) is 0 Å². The molecule has 1 aromatic heterocycles. The summed E-state index contributed by atoms with van der Waals surface area (Å²) in [7, 11) is 0. The molecule has 78 valence electrons. The smallest absolute Gasteiger partial charge is 0.224 e. The van der Waals surface area contributed by atoms with Crippen LogP contribution in [0.5, 0.6) is 0 Å². The lowest BCUT2D eigenvalue weighted by atomic mass is 10.1. The minimum atomic E-state index is 0.270. The molecule has 0 atom stereocenters. The van der Waals surface area contributed by atoms with E-state index in [2.05, 4.69) is 9.83 Å². The minimum Gasteiger partial charge on any atom is -0.256 e. The summed E-state index contributed by atoms with van der Waals surface area (Å²) in [6.07, 6.45) is 1.68. The summed E-state index contributed by atoms with van der Waals surface area (Å²) in [4.78, 5) is 7.50. The Morgan fingerprint density at radius 1 is 1.12 bits per heavy atom. The Balaban J connectivity index is 2.65. The van der Waals surface area contributed by atoms with Gasteiger partial charge in [-0.05, 0) is 12.1 Å². The fourth-order valence-electron chi connectivity index (χ4n) is 1.36. The summed E-state index contributed by atoms with van der Waals surface area (Å²) in [6.45, 7) is 7.02. The van der Waals surface area contributed by atoms with Gasteiger partial charge in [-0.2, -0.15) is 0 Å². The number of aromatic nitrogens is 1. The summed E-state index contributed by atoms with van der Waals surface area (Å²) in [5.74, 6) is 0. The van der Waals surface area contributed by atoms with Crippen LogP contribution in [0.15, 0.2) is 36.5 Å². The average molecular weight is 249 g/mol. The molecule has 2 aromatic rings. The van der Waals surface area contributed by atoms with E-state index in [1.54, 1.807) is 18.3 Å². The van der Waals surface area contributed by atoms with Gasteiger partial charge in [0.15, 0.2) is 0 Å². The van der Waals surface area contributed by atoms with Crippen molar-refractivity contribution >= 4 is 28.9 Å². The van der Waals surface area contributed by atoms with Crippen LogP contribution in [0.1, 0.15) is 0 Å². The van der Waals surface area contributed by atoms with Crippen LogP contribution in [0.3, 0.4) is 0 Å². The zero-order valence-electron chi connectivity index (χ0n) is 8.11. The molecule has 0 aliphatic carbocycles. The molecule has 1 aromatic carbocycles. The molecule has 0 aliphatic rings. The van der Waals surface area contributed by atoms with Gasteiger partial charge in [0.05, 0.1) is 17.3 Å². The molecule has 0 saturated heterocycles. The van der Waals surface area contributed by atoms with Crippen LogP contribution in [-0.4, -0.2) is 4.98 Å². The Bertz CT molecular complexity index is 559. The number of hydrogen-bond acceptors (Lipinski definition) is 1. The number of benzene rings is 1. The average Bonchev–Trinajstić information content (AvgIpc) is 2.31. The molecule has 0 saturated carbocycles. The van der Waals surface area contributed by atoms with Crippen LogP contribution in [-0.2, 0) is 0 Å². The Hall–Kier alpha value is -1.56. The monoisotopic (exact) mass is 248 g/mol. The van der Waals surface area contributed by atoms with E-state index >= 15 is 0 Å². The second kappa shape index (κ2) is 4.52. The van der Waals surface area contributed by atoms with Crippen molar-refractivity contribution in [1.82, 2.24) is 4.98 Å². The first kappa shape index (κ1) is 10.9. The van der Waals surface area contributed by atoms with Gasteiger partial charge in [-0.1, -0.05) is 41.4 Å². The minimum absolute atomic E-state index is 0.270. The Morgan fingerprint density at radius 3 is 2.56 bits per heavy atom. The third-order valence-corrected chi connectivity index (χ3v) is 2.81. The lowest BCUT2D eigenvalue weighted by Crippen LogP contribution is -1.83. The summed E-state index contributed by atoms with van der Waals surface area (Å²) < 4.78 is 0. The summed E-state index contributed by atoms with van der Waals surface area (Å²) in [5.41, 5.74) is 1.72. The fraction of sp³-hybridized carbons (Fsp3) is 0. The van der Waals surface area contributed by atoms with E-state index in [1.165, 1.54) is 0 Å². The zero-order chi connectivity index (χ0) is 11.5. The molecule has 0 aliphatic heterocycles. The van der Waals surface area contributed by atoms with E-state index in [9.17, 15) is 0 Å². The van der Waals surface area contributed by atoms with E-state index in [1.807, 2.05) is 18.2 Å². The van der Waals surface area contributed by atoms with Crippen LogP contribution >= 0.6 is 23.2 Å². The van der Waals surface area contributed by atoms with Gasteiger partial charge in [0.2, 0.25) is 5.69 Å². The maximum absolute atomic E-state index is 7.02. The molecule has 16 heavy (non-hydrogen) atoms. The van der Waals surface area contributed by atoms with Crippen LogP contribution in [0.2, 0.25) is 10.0 Å². The molecule has 0 amide bonds. The van der Waals surface area contributed by atoms with Crippen LogP contribution in [0.4, 0.5) is 5.69 Å². The van der Waals surface area contributed by atoms with Crippen molar-refractivity contribution in [3.63, 3.8) is 0 Å². The fourth-order valence-corrected chi connectivity index (χ4v) is 1.92. The zero-order valence-corrected chi connectivity index (χ0v) is 9.63. The number of nitrogens with zero attached hydrogens (tertiary/aromatic N) is 2. The van der Waals surface area contributed by atoms with E-state index in [0.29, 0.717) is 10.0 Å². The molecule has 2 nitrogen and oxygen atoms in total.